The van der Waals surface area contributed by atoms with Gasteiger partial charge < -0.3 is 33.5 Å². The van der Waals surface area contributed by atoms with Crippen molar-refractivity contribution in [3.63, 3.8) is 0 Å². The summed E-state index contributed by atoms with van der Waals surface area (Å²) in [7, 11) is 3.10. The molecule has 0 saturated carbocycles. The lowest BCUT2D eigenvalue weighted by atomic mass is 9.73. The average Bonchev–Trinajstić information content (AvgIpc) is 3.10. The Balaban J connectivity index is 2.04. The van der Waals surface area contributed by atoms with Crippen molar-refractivity contribution in [3.8, 4) is 0 Å². The van der Waals surface area contributed by atoms with Gasteiger partial charge >= 0.3 is 0 Å². The van der Waals surface area contributed by atoms with E-state index in [4.69, 9.17) is 28.4 Å². The molecule has 3 rings (SSSR count). The van der Waals surface area contributed by atoms with Gasteiger partial charge in [0.1, 0.15) is 24.4 Å². The first-order chi connectivity index (χ1) is 9.74. The first-order valence-corrected chi connectivity index (χ1v) is 7.14. The second kappa shape index (κ2) is 4.61. The zero-order chi connectivity index (χ0) is 15.5. The van der Waals surface area contributed by atoms with Gasteiger partial charge in [-0.2, -0.15) is 0 Å². The number of rotatable bonds is 3. The molecule has 0 amide bonds. The Morgan fingerprint density at radius 1 is 1.00 bits per heavy atom. The molecule has 1 unspecified atom stereocenters. The number of ether oxygens (including phenoxy) is 6. The molecule has 0 aromatic rings. The second-order valence-corrected chi connectivity index (χ2v) is 6.57. The minimum atomic E-state index is -1.54. The first-order valence-electron chi connectivity index (χ1n) is 7.14. The molecule has 3 saturated heterocycles. The number of epoxide rings is 1. The third kappa shape index (κ3) is 1.99. The SMILES string of the molecule is CO[C@@H]1[C@H](OC)CO[C@]2(COC(C)(C)O2)[C@@]1(O)C1(C)CO1. The molecule has 122 valence electrons. The van der Waals surface area contributed by atoms with Gasteiger partial charge in [0, 0.05) is 14.2 Å². The predicted molar refractivity (Wildman–Crippen MR) is 70.7 cm³/mol. The fourth-order valence-corrected chi connectivity index (χ4v) is 3.43. The minimum absolute atomic E-state index is 0.103. The highest BCUT2D eigenvalue weighted by Crippen LogP contribution is 2.55. The van der Waals surface area contributed by atoms with Crippen LogP contribution in [-0.2, 0) is 28.4 Å². The van der Waals surface area contributed by atoms with E-state index >= 15 is 0 Å². The Hall–Kier alpha value is -0.280. The molecule has 7 heteroatoms. The maximum absolute atomic E-state index is 11.6. The van der Waals surface area contributed by atoms with Crippen LogP contribution in [0.25, 0.3) is 0 Å². The van der Waals surface area contributed by atoms with Gasteiger partial charge in [-0.15, -0.1) is 0 Å². The monoisotopic (exact) mass is 304 g/mol. The van der Waals surface area contributed by atoms with Crippen LogP contribution in [0.1, 0.15) is 20.8 Å². The fraction of sp³-hybridized carbons (Fsp3) is 1.00. The van der Waals surface area contributed by atoms with Crippen LogP contribution in [0, 0.1) is 0 Å². The van der Waals surface area contributed by atoms with E-state index < -0.39 is 35.0 Å². The van der Waals surface area contributed by atoms with Crippen LogP contribution in [0.15, 0.2) is 0 Å². The van der Waals surface area contributed by atoms with Gasteiger partial charge in [-0.25, -0.2) is 0 Å². The van der Waals surface area contributed by atoms with E-state index in [0.29, 0.717) is 6.61 Å². The van der Waals surface area contributed by atoms with Crippen molar-refractivity contribution >= 4 is 0 Å². The molecule has 3 heterocycles. The highest BCUT2D eigenvalue weighted by molar-refractivity contribution is 5.21. The van der Waals surface area contributed by atoms with Crippen molar-refractivity contribution in [2.45, 2.75) is 55.8 Å². The normalized spacial score (nSPS) is 52.3. The van der Waals surface area contributed by atoms with Crippen LogP contribution in [0.3, 0.4) is 0 Å². The summed E-state index contributed by atoms with van der Waals surface area (Å²) in [4.78, 5) is 0. The molecule has 0 aromatic carbocycles. The molecule has 0 aromatic heterocycles. The maximum Gasteiger partial charge on any atom is 0.230 e. The predicted octanol–water partition coefficient (Wildman–Crippen LogP) is 0.0458. The average molecular weight is 304 g/mol. The topological polar surface area (TPSA) is 78.9 Å². The minimum Gasteiger partial charge on any atom is -0.379 e. The van der Waals surface area contributed by atoms with E-state index in [2.05, 4.69) is 0 Å². The van der Waals surface area contributed by atoms with Crippen molar-refractivity contribution in [3.05, 3.63) is 0 Å². The standard InChI is InChI=1S/C14H24O7/c1-11(2)19-8-13(21-11)14(15,12(3)7-20-12)10(17-5)9(16-4)6-18-13/h9-10,15H,6-8H2,1-5H3/t9-,10-,12?,13+,14+/m1/s1. The zero-order valence-corrected chi connectivity index (χ0v) is 13.2. The summed E-state index contributed by atoms with van der Waals surface area (Å²) in [6.07, 6.45) is -1.07. The van der Waals surface area contributed by atoms with Crippen LogP contribution >= 0.6 is 0 Å². The lowest BCUT2D eigenvalue weighted by Crippen LogP contribution is -2.77. The van der Waals surface area contributed by atoms with E-state index in [1.807, 2.05) is 6.92 Å². The molecule has 3 aliphatic heterocycles. The largest absolute Gasteiger partial charge is 0.379 e. The van der Waals surface area contributed by atoms with Gasteiger partial charge in [0.15, 0.2) is 11.4 Å². The highest BCUT2D eigenvalue weighted by Gasteiger charge is 2.78. The molecular weight excluding hydrogens is 280 g/mol. The fourth-order valence-electron chi connectivity index (χ4n) is 3.43. The number of hydrogen-bond acceptors (Lipinski definition) is 7. The van der Waals surface area contributed by atoms with Crippen molar-refractivity contribution in [1.29, 1.82) is 0 Å². The Bertz CT molecular complexity index is 422. The first kappa shape index (κ1) is 15.6. The van der Waals surface area contributed by atoms with E-state index in [0.717, 1.165) is 0 Å². The molecule has 5 atom stereocenters. The van der Waals surface area contributed by atoms with Gasteiger partial charge in [-0.1, -0.05) is 0 Å². The van der Waals surface area contributed by atoms with Crippen molar-refractivity contribution in [2.24, 2.45) is 0 Å². The summed E-state index contributed by atoms with van der Waals surface area (Å²) in [6.45, 7) is 6.13. The summed E-state index contributed by atoms with van der Waals surface area (Å²) in [6, 6.07) is 0. The molecular formula is C14H24O7. The van der Waals surface area contributed by atoms with Crippen molar-refractivity contribution in [2.75, 3.05) is 34.0 Å². The maximum atomic E-state index is 11.6. The van der Waals surface area contributed by atoms with E-state index in [1.54, 1.807) is 21.0 Å². The molecule has 1 N–H and O–H groups in total. The Kier molecular flexibility index (Phi) is 3.43. The molecule has 0 bridgehead atoms. The highest BCUT2D eigenvalue weighted by atomic mass is 16.8. The summed E-state index contributed by atoms with van der Waals surface area (Å²) in [5.74, 6) is -2.19. The summed E-state index contributed by atoms with van der Waals surface area (Å²) < 4.78 is 34.0. The summed E-state index contributed by atoms with van der Waals surface area (Å²) >= 11 is 0. The van der Waals surface area contributed by atoms with Gasteiger partial charge in [0.25, 0.3) is 0 Å². The van der Waals surface area contributed by atoms with Crippen LogP contribution in [-0.4, -0.2) is 74.1 Å². The third-order valence-electron chi connectivity index (χ3n) is 4.77. The Labute approximate surface area is 124 Å². The van der Waals surface area contributed by atoms with Gasteiger partial charge in [-0.05, 0) is 20.8 Å². The molecule has 3 aliphatic rings. The lowest BCUT2D eigenvalue weighted by molar-refractivity contribution is -0.393. The second-order valence-electron chi connectivity index (χ2n) is 6.57. The molecule has 1 spiro atoms. The third-order valence-corrected chi connectivity index (χ3v) is 4.77. The molecule has 7 nitrogen and oxygen atoms in total. The smallest absolute Gasteiger partial charge is 0.230 e. The van der Waals surface area contributed by atoms with Crippen molar-refractivity contribution in [1.82, 2.24) is 0 Å². The van der Waals surface area contributed by atoms with E-state index in [-0.39, 0.29) is 13.2 Å². The quantitative estimate of drug-likeness (QED) is 0.738. The van der Waals surface area contributed by atoms with Crippen LogP contribution in [0.2, 0.25) is 0 Å². The molecule has 3 fully saturated rings. The molecule has 0 radical (unpaired) electrons. The van der Waals surface area contributed by atoms with Crippen LogP contribution in [0.4, 0.5) is 0 Å². The van der Waals surface area contributed by atoms with Crippen molar-refractivity contribution < 1.29 is 33.5 Å². The number of aliphatic hydroxyl groups is 1. The summed E-state index contributed by atoms with van der Waals surface area (Å²) in [5.41, 5.74) is -2.36. The number of methoxy groups -OCH3 is 2. The Morgan fingerprint density at radius 3 is 2.10 bits per heavy atom. The molecule has 0 aliphatic carbocycles. The van der Waals surface area contributed by atoms with Gasteiger partial charge in [-0.3, -0.25) is 0 Å². The van der Waals surface area contributed by atoms with Gasteiger partial charge in [0.2, 0.25) is 5.79 Å². The zero-order valence-electron chi connectivity index (χ0n) is 13.2. The van der Waals surface area contributed by atoms with Crippen LogP contribution in [0.5, 0.6) is 0 Å². The van der Waals surface area contributed by atoms with E-state index in [9.17, 15) is 5.11 Å². The number of hydrogen-bond donors (Lipinski definition) is 1. The Morgan fingerprint density at radius 2 is 1.67 bits per heavy atom. The molecule has 21 heavy (non-hydrogen) atoms. The van der Waals surface area contributed by atoms with E-state index in [1.165, 1.54) is 7.11 Å². The van der Waals surface area contributed by atoms with Crippen LogP contribution < -0.4 is 0 Å². The summed E-state index contributed by atoms with van der Waals surface area (Å²) in [5, 5.41) is 11.6. The van der Waals surface area contributed by atoms with Gasteiger partial charge in [0.05, 0.1) is 13.2 Å². The lowest BCUT2D eigenvalue weighted by Gasteiger charge is -2.54.